The lowest BCUT2D eigenvalue weighted by atomic mass is 10.3. The third-order valence-corrected chi connectivity index (χ3v) is 3.11. The molecule has 2 fully saturated rings. The predicted molar refractivity (Wildman–Crippen MR) is 64.4 cm³/mol. The van der Waals surface area contributed by atoms with Gasteiger partial charge in [0.05, 0.1) is 0 Å². The van der Waals surface area contributed by atoms with Crippen LogP contribution in [0.2, 0.25) is 0 Å². The van der Waals surface area contributed by atoms with E-state index in [0.717, 1.165) is 25.7 Å². The summed E-state index contributed by atoms with van der Waals surface area (Å²) in [5.74, 6) is -1.18. The summed E-state index contributed by atoms with van der Waals surface area (Å²) in [5.41, 5.74) is 0. The van der Waals surface area contributed by atoms with Gasteiger partial charge in [0.15, 0.2) is 0 Å². The van der Waals surface area contributed by atoms with Crippen LogP contribution in [0.3, 0.4) is 0 Å². The van der Waals surface area contributed by atoms with Gasteiger partial charge in [-0.25, -0.2) is 9.59 Å². The second kappa shape index (κ2) is 6.01. The second-order valence-electron chi connectivity index (χ2n) is 5.07. The van der Waals surface area contributed by atoms with Crippen molar-refractivity contribution in [2.45, 2.75) is 31.7 Å². The van der Waals surface area contributed by atoms with Crippen LogP contribution in [-0.2, 0) is 14.3 Å². The first-order valence-corrected chi connectivity index (χ1v) is 6.46. The third-order valence-electron chi connectivity index (χ3n) is 3.11. The fourth-order valence-electron chi connectivity index (χ4n) is 1.82. The van der Waals surface area contributed by atoms with Gasteiger partial charge >= 0.3 is 12.0 Å². The zero-order chi connectivity index (χ0) is 13.8. The summed E-state index contributed by atoms with van der Waals surface area (Å²) in [7, 11) is 0. The highest BCUT2D eigenvalue weighted by Crippen LogP contribution is 2.34. The number of carbonyl (C=O) groups excluding carboxylic acids is 2. The van der Waals surface area contributed by atoms with Gasteiger partial charge in [-0.2, -0.15) is 0 Å². The van der Waals surface area contributed by atoms with Gasteiger partial charge in [-0.15, -0.1) is 0 Å². The SMILES string of the molecule is O=C(O)COCC(=O)NC(=O)N(CC1CC1)C1CC1. The molecule has 2 rings (SSSR count). The Hall–Kier alpha value is -1.63. The molecular weight excluding hydrogens is 252 g/mol. The Kier molecular flexibility index (Phi) is 4.36. The van der Waals surface area contributed by atoms with E-state index < -0.39 is 31.1 Å². The molecule has 2 aliphatic carbocycles. The van der Waals surface area contributed by atoms with E-state index in [1.54, 1.807) is 4.90 Å². The lowest BCUT2D eigenvalue weighted by Gasteiger charge is -2.22. The largest absolute Gasteiger partial charge is 0.480 e. The van der Waals surface area contributed by atoms with Gasteiger partial charge in [0, 0.05) is 12.6 Å². The minimum Gasteiger partial charge on any atom is -0.480 e. The van der Waals surface area contributed by atoms with Crippen LogP contribution in [0, 0.1) is 5.92 Å². The molecule has 0 aromatic heterocycles. The molecule has 0 aromatic carbocycles. The van der Waals surface area contributed by atoms with Crippen molar-refractivity contribution in [2.75, 3.05) is 19.8 Å². The molecule has 7 nitrogen and oxygen atoms in total. The number of nitrogens with one attached hydrogen (secondary N) is 1. The monoisotopic (exact) mass is 270 g/mol. The van der Waals surface area contributed by atoms with E-state index in [0.29, 0.717) is 12.5 Å². The van der Waals surface area contributed by atoms with Crippen molar-refractivity contribution in [3.63, 3.8) is 0 Å². The number of imide groups is 1. The number of urea groups is 1. The summed E-state index contributed by atoms with van der Waals surface area (Å²) >= 11 is 0. The van der Waals surface area contributed by atoms with Crippen LogP contribution >= 0.6 is 0 Å². The van der Waals surface area contributed by atoms with Gasteiger partial charge in [-0.1, -0.05) is 0 Å². The average molecular weight is 270 g/mol. The van der Waals surface area contributed by atoms with Gasteiger partial charge in [-0.3, -0.25) is 10.1 Å². The Balaban J connectivity index is 1.71. The number of rotatable bonds is 7. The van der Waals surface area contributed by atoms with E-state index in [1.165, 1.54) is 0 Å². The van der Waals surface area contributed by atoms with Crippen molar-refractivity contribution in [3.05, 3.63) is 0 Å². The molecule has 0 heterocycles. The van der Waals surface area contributed by atoms with E-state index in [-0.39, 0.29) is 6.04 Å². The number of nitrogens with zero attached hydrogens (tertiary/aromatic N) is 1. The van der Waals surface area contributed by atoms with Crippen LogP contribution in [0.5, 0.6) is 0 Å². The van der Waals surface area contributed by atoms with Crippen LogP contribution in [0.1, 0.15) is 25.7 Å². The average Bonchev–Trinajstić information content (AvgIpc) is 3.18. The first-order chi connectivity index (χ1) is 9.06. The standard InChI is InChI=1S/C12H18N2O5/c15-10(6-19-7-11(16)17)13-12(18)14(9-3-4-9)5-8-1-2-8/h8-9H,1-7H2,(H,16,17)(H,13,15,18). The lowest BCUT2D eigenvalue weighted by Crippen LogP contribution is -2.46. The Morgan fingerprint density at radius 2 is 1.84 bits per heavy atom. The molecule has 19 heavy (non-hydrogen) atoms. The quantitative estimate of drug-likeness (QED) is 0.689. The summed E-state index contributed by atoms with van der Waals surface area (Å²) in [6.07, 6.45) is 4.27. The molecule has 0 spiro atoms. The van der Waals surface area contributed by atoms with Gasteiger partial charge in [0.2, 0.25) is 0 Å². The van der Waals surface area contributed by atoms with Gasteiger partial charge < -0.3 is 14.7 Å². The van der Waals surface area contributed by atoms with E-state index in [4.69, 9.17) is 5.11 Å². The van der Waals surface area contributed by atoms with Crippen molar-refractivity contribution >= 4 is 17.9 Å². The lowest BCUT2D eigenvalue weighted by molar-refractivity contribution is -0.143. The van der Waals surface area contributed by atoms with Crippen molar-refractivity contribution in [1.82, 2.24) is 10.2 Å². The fraction of sp³-hybridized carbons (Fsp3) is 0.750. The van der Waals surface area contributed by atoms with Crippen LogP contribution in [0.4, 0.5) is 4.79 Å². The maximum Gasteiger partial charge on any atom is 0.329 e. The van der Waals surface area contributed by atoms with E-state index in [1.807, 2.05) is 0 Å². The van der Waals surface area contributed by atoms with E-state index in [9.17, 15) is 14.4 Å². The van der Waals surface area contributed by atoms with Crippen molar-refractivity contribution < 1.29 is 24.2 Å². The Labute approximate surface area is 110 Å². The second-order valence-corrected chi connectivity index (χ2v) is 5.07. The third kappa shape index (κ3) is 4.86. The summed E-state index contributed by atoms with van der Waals surface area (Å²) in [4.78, 5) is 35.2. The number of carbonyl (C=O) groups is 3. The first-order valence-electron chi connectivity index (χ1n) is 6.46. The number of hydrogen-bond acceptors (Lipinski definition) is 4. The molecule has 0 aliphatic heterocycles. The van der Waals surface area contributed by atoms with Crippen molar-refractivity contribution in [2.24, 2.45) is 5.92 Å². The topological polar surface area (TPSA) is 95.9 Å². The highest BCUT2D eigenvalue weighted by atomic mass is 16.5. The number of aliphatic carboxylic acids is 1. The van der Waals surface area contributed by atoms with Crippen LogP contribution < -0.4 is 5.32 Å². The Morgan fingerprint density at radius 3 is 2.37 bits per heavy atom. The molecule has 2 saturated carbocycles. The molecule has 0 atom stereocenters. The molecule has 0 radical (unpaired) electrons. The molecule has 7 heteroatoms. The minimum absolute atomic E-state index is 0.258. The summed E-state index contributed by atoms with van der Waals surface area (Å²) < 4.78 is 4.62. The zero-order valence-electron chi connectivity index (χ0n) is 10.6. The molecule has 0 aromatic rings. The molecule has 2 N–H and O–H groups in total. The Bertz CT molecular complexity index is 376. The maximum atomic E-state index is 11.9. The maximum absolute atomic E-state index is 11.9. The number of carboxylic acids is 1. The molecule has 0 unspecified atom stereocenters. The van der Waals surface area contributed by atoms with Gasteiger partial charge in [0.25, 0.3) is 5.91 Å². The molecule has 0 saturated heterocycles. The highest BCUT2D eigenvalue weighted by Gasteiger charge is 2.36. The molecular formula is C12H18N2O5. The smallest absolute Gasteiger partial charge is 0.329 e. The number of hydrogen-bond donors (Lipinski definition) is 2. The molecule has 3 amide bonds. The molecule has 106 valence electrons. The van der Waals surface area contributed by atoms with Gasteiger partial charge in [0.1, 0.15) is 13.2 Å². The van der Waals surface area contributed by atoms with Crippen molar-refractivity contribution in [3.8, 4) is 0 Å². The van der Waals surface area contributed by atoms with Crippen LogP contribution in [-0.4, -0.2) is 53.7 Å². The summed E-state index contributed by atoms with van der Waals surface area (Å²) in [5, 5.41) is 10.6. The molecule has 0 bridgehead atoms. The number of carboxylic acid groups (broad SMARTS) is 1. The Morgan fingerprint density at radius 1 is 1.16 bits per heavy atom. The van der Waals surface area contributed by atoms with E-state index in [2.05, 4.69) is 10.1 Å². The first kappa shape index (κ1) is 13.8. The molecule has 2 aliphatic rings. The fourth-order valence-corrected chi connectivity index (χ4v) is 1.82. The number of ether oxygens (including phenoxy) is 1. The normalized spacial score (nSPS) is 17.9. The van der Waals surface area contributed by atoms with Crippen LogP contribution in [0.15, 0.2) is 0 Å². The van der Waals surface area contributed by atoms with Crippen LogP contribution in [0.25, 0.3) is 0 Å². The summed E-state index contributed by atoms with van der Waals surface area (Å²) in [6.45, 7) is -0.254. The van der Waals surface area contributed by atoms with E-state index >= 15 is 0 Å². The van der Waals surface area contributed by atoms with Gasteiger partial charge in [-0.05, 0) is 31.6 Å². The number of amides is 3. The summed E-state index contributed by atoms with van der Waals surface area (Å²) in [6, 6.07) is -0.133. The minimum atomic E-state index is -1.15. The highest BCUT2D eigenvalue weighted by molar-refractivity contribution is 5.95. The predicted octanol–water partition coefficient (Wildman–Crippen LogP) is 0.198. The zero-order valence-corrected chi connectivity index (χ0v) is 10.6. The van der Waals surface area contributed by atoms with Crippen molar-refractivity contribution in [1.29, 1.82) is 0 Å².